The van der Waals surface area contributed by atoms with Crippen molar-refractivity contribution in [2.45, 2.75) is 11.5 Å². The zero-order valence-corrected chi connectivity index (χ0v) is 8.19. The predicted molar refractivity (Wildman–Crippen MR) is 46.6 cm³/mol. The average Bonchev–Trinajstić information content (AvgIpc) is 2.02. The number of nitrogens with two attached hydrogens (primary N) is 1. The van der Waals surface area contributed by atoms with Crippen molar-refractivity contribution in [1.29, 1.82) is 0 Å². The number of aromatic nitrogens is 1. The van der Waals surface area contributed by atoms with Gasteiger partial charge in [0.15, 0.2) is 5.03 Å². The third-order valence-corrected chi connectivity index (χ3v) is 2.63. The molecule has 0 saturated carbocycles. The highest BCUT2D eigenvalue weighted by Gasteiger charge is 2.18. The number of alkyl halides is 2. The summed E-state index contributed by atoms with van der Waals surface area (Å²) in [5.41, 5.74) is 4.28. The van der Waals surface area contributed by atoms with E-state index in [0.717, 1.165) is 6.20 Å². The van der Waals surface area contributed by atoms with Crippen LogP contribution < -0.4 is 5.73 Å². The number of pyridine rings is 1. The first-order chi connectivity index (χ1) is 6.32. The molecule has 1 heterocycles. The topological polar surface area (TPSA) is 73.0 Å². The lowest BCUT2D eigenvalue weighted by molar-refractivity contribution is 0.152. The van der Waals surface area contributed by atoms with Crippen LogP contribution in [0.4, 0.5) is 14.5 Å². The van der Waals surface area contributed by atoms with Gasteiger partial charge in [-0.25, -0.2) is 22.2 Å². The van der Waals surface area contributed by atoms with Gasteiger partial charge in [-0.05, 0) is 6.07 Å². The molecule has 0 saturated heterocycles. The summed E-state index contributed by atoms with van der Waals surface area (Å²) in [6.45, 7) is 0. The minimum Gasteiger partial charge on any atom is -0.397 e. The molecule has 78 valence electrons. The van der Waals surface area contributed by atoms with Crippen LogP contribution in [0, 0.1) is 0 Å². The van der Waals surface area contributed by atoms with Gasteiger partial charge in [-0.15, -0.1) is 0 Å². The Kier molecular flexibility index (Phi) is 2.91. The first-order valence-corrected chi connectivity index (χ1v) is 5.61. The van der Waals surface area contributed by atoms with Crippen LogP contribution in [-0.2, 0) is 9.05 Å². The van der Waals surface area contributed by atoms with E-state index in [9.17, 15) is 17.2 Å². The third kappa shape index (κ3) is 2.30. The summed E-state index contributed by atoms with van der Waals surface area (Å²) >= 11 is 0. The van der Waals surface area contributed by atoms with E-state index in [1.54, 1.807) is 0 Å². The summed E-state index contributed by atoms with van der Waals surface area (Å²) in [4.78, 5) is 3.31. The number of halogens is 3. The minimum atomic E-state index is -4.10. The SMILES string of the molecule is Nc1cnc(S(=O)(=O)Cl)cc1C(F)F. The van der Waals surface area contributed by atoms with Crippen LogP contribution in [0.15, 0.2) is 17.3 Å². The molecule has 0 atom stereocenters. The van der Waals surface area contributed by atoms with Crippen molar-refractivity contribution in [2.24, 2.45) is 0 Å². The van der Waals surface area contributed by atoms with Crippen LogP contribution >= 0.6 is 10.7 Å². The Bertz CT molecular complexity index is 449. The molecule has 0 spiro atoms. The standard InChI is InChI=1S/C6H5ClF2N2O2S/c7-14(12,13)5-1-3(6(8)9)4(10)2-11-5/h1-2,6H,10H2. The van der Waals surface area contributed by atoms with Crippen molar-refractivity contribution in [3.8, 4) is 0 Å². The molecule has 0 bridgehead atoms. The number of nitrogen functional groups attached to an aromatic ring is 1. The molecule has 14 heavy (non-hydrogen) atoms. The highest BCUT2D eigenvalue weighted by molar-refractivity contribution is 8.13. The summed E-state index contributed by atoms with van der Waals surface area (Å²) in [5, 5.41) is -0.635. The van der Waals surface area contributed by atoms with Crippen molar-refractivity contribution in [3.05, 3.63) is 17.8 Å². The molecule has 0 unspecified atom stereocenters. The van der Waals surface area contributed by atoms with Gasteiger partial charge in [0, 0.05) is 16.2 Å². The van der Waals surface area contributed by atoms with Crippen LogP contribution in [-0.4, -0.2) is 13.4 Å². The minimum absolute atomic E-state index is 0.274. The van der Waals surface area contributed by atoms with Gasteiger partial charge in [-0.2, -0.15) is 0 Å². The zero-order valence-electron chi connectivity index (χ0n) is 6.62. The highest BCUT2D eigenvalue weighted by Crippen LogP contribution is 2.26. The highest BCUT2D eigenvalue weighted by atomic mass is 35.7. The van der Waals surface area contributed by atoms with Gasteiger partial charge in [0.1, 0.15) is 0 Å². The van der Waals surface area contributed by atoms with E-state index in [0.29, 0.717) is 6.07 Å². The molecule has 8 heteroatoms. The van der Waals surface area contributed by atoms with E-state index in [-0.39, 0.29) is 5.69 Å². The number of hydrogen-bond acceptors (Lipinski definition) is 4. The van der Waals surface area contributed by atoms with Gasteiger partial charge in [0.2, 0.25) is 0 Å². The van der Waals surface area contributed by atoms with Crippen LogP contribution in [0.5, 0.6) is 0 Å². The molecular weight excluding hydrogens is 238 g/mol. The maximum absolute atomic E-state index is 12.3. The smallest absolute Gasteiger partial charge is 0.278 e. The summed E-state index contributed by atoms with van der Waals surface area (Å²) in [7, 11) is 0.808. The monoisotopic (exact) mass is 242 g/mol. The average molecular weight is 243 g/mol. The Labute approximate surface area is 83.1 Å². The predicted octanol–water partition coefficient (Wildman–Crippen LogP) is 1.53. The molecule has 1 aromatic rings. The summed E-state index contributed by atoms with van der Waals surface area (Å²) in [5.74, 6) is 0. The maximum atomic E-state index is 12.3. The van der Waals surface area contributed by atoms with Crippen LogP contribution in [0.1, 0.15) is 12.0 Å². The lowest BCUT2D eigenvalue weighted by Gasteiger charge is -2.04. The van der Waals surface area contributed by atoms with Gasteiger partial charge in [-0.1, -0.05) is 0 Å². The number of rotatable bonds is 2. The molecule has 2 N–H and O–H groups in total. The normalized spacial score (nSPS) is 12.0. The van der Waals surface area contributed by atoms with Crippen LogP contribution in [0.3, 0.4) is 0 Å². The molecule has 0 amide bonds. The van der Waals surface area contributed by atoms with Crippen molar-refractivity contribution in [3.63, 3.8) is 0 Å². The number of anilines is 1. The number of hydrogen-bond donors (Lipinski definition) is 1. The van der Waals surface area contributed by atoms with Crippen LogP contribution in [0.25, 0.3) is 0 Å². The summed E-state index contributed by atoms with van der Waals surface area (Å²) in [6, 6.07) is 0.655. The zero-order chi connectivity index (χ0) is 10.9. The van der Waals surface area contributed by atoms with Gasteiger partial charge >= 0.3 is 0 Å². The van der Waals surface area contributed by atoms with Gasteiger partial charge in [-0.3, -0.25) is 0 Å². The maximum Gasteiger partial charge on any atom is 0.278 e. The van der Waals surface area contributed by atoms with Crippen molar-refractivity contribution >= 4 is 25.4 Å². The molecule has 4 nitrogen and oxygen atoms in total. The third-order valence-electron chi connectivity index (χ3n) is 1.43. The second kappa shape index (κ2) is 3.66. The molecule has 0 radical (unpaired) electrons. The second-order valence-corrected chi connectivity index (χ2v) is 4.90. The Morgan fingerprint density at radius 1 is 1.50 bits per heavy atom. The first kappa shape index (κ1) is 11.1. The molecule has 1 rings (SSSR count). The Balaban J connectivity index is 3.34. The van der Waals surface area contributed by atoms with E-state index in [2.05, 4.69) is 4.98 Å². The first-order valence-electron chi connectivity index (χ1n) is 3.30. The molecular formula is C6H5ClF2N2O2S. The Morgan fingerprint density at radius 3 is 2.50 bits per heavy atom. The van der Waals surface area contributed by atoms with Crippen molar-refractivity contribution in [2.75, 3.05) is 5.73 Å². The molecule has 0 aliphatic heterocycles. The fourth-order valence-corrected chi connectivity index (χ4v) is 1.48. The van der Waals surface area contributed by atoms with Gasteiger partial charge < -0.3 is 5.73 Å². The lowest BCUT2D eigenvalue weighted by Crippen LogP contribution is -2.01. The van der Waals surface area contributed by atoms with E-state index in [1.165, 1.54) is 0 Å². The lowest BCUT2D eigenvalue weighted by atomic mass is 10.2. The molecule has 0 fully saturated rings. The summed E-state index contributed by atoms with van der Waals surface area (Å²) in [6.07, 6.45) is -2.04. The summed E-state index contributed by atoms with van der Waals surface area (Å²) < 4.78 is 46.0. The Hall–Kier alpha value is -0.950. The van der Waals surface area contributed by atoms with Gasteiger partial charge in [0.05, 0.1) is 11.9 Å². The molecule has 1 aromatic heterocycles. The molecule has 0 aromatic carbocycles. The fraction of sp³-hybridized carbons (Fsp3) is 0.167. The largest absolute Gasteiger partial charge is 0.397 e. The Morgan fingerprint density at radius 2 is 2.07 bits per heavy atom. The molecule has 0 aliphatic carbocycles. The van der Waals surface area contributed by atoms with Crippen molar-refractivity contribution < 1.29 is 17.2 Å². The van der Waals surface area contributed by atoms with Crippen molar-refractivity contribution in [1.82, 2.24) is 4.98 Å². The van der Waals surface area contributed by atoms with Crippen LogP contribution in [0.2, 0.25) is 0 Å². The quantitative estimate of drug-likeness (QED) is 0.798. The van der Waals surface area contributed by atoms with E-state index in [4.69, 9.17) is 16.4 Å². The fourth-order valence-electron chi connectivity index (χ4n) is 0.784. The molecule has 0 aliphatic rings. The number of nitrogens with zero attached hydrogens (tertiary/aromatic N) is 1. The van der Waals surface area contributed by atoms with Gasteiger partial charge in [0.25, 0.3) is 15.5 Å². The van der Waals surface area contributed by atoms with E-state index >= 15 is 0 Å². The van der Waals surface area contributed by atoms with E-state index < -0.39 is 26.1 Å². The van der Waals surface area contributed by atoms with E-state index in [1.807, 2.05) is 0 Å². The second-order valence-electron chi connectivity index (χ2n) is 2.39.